The van der Waals surface area contributed by atoms with Gasteiger partial charge in [0.1, 0.15) is 18.1 Å². The molecule has 6 atom stereocenters. The Morgan fingerprint density at radius 1 is 0.806 bits per heavy atom. The zero-order chi connectivity index (χ0) is 24.3. The van der Waals surface area contributed by atoms with Crippen LogP contribution in [0.5, 0.6) is 0 Å². The van der Waals surface area contributed by atoms with Gasteiger partial charge in [0.2, 0.25) is 17.7 Å². The van der Waals surface area contributed by atoms with Gasteiger partial charge < -0.3 is 31.9 Å². The molecule has 3 amide bonds. The Morgan fingerprint density at radius 3 is 1.74 bits per heavy atom. The lowest BCUT2D eigenvalue weighted by atomic mass is 9.94. The van der Waals surface area contributed by atoms with Crippen LogP contribution in [-0.2, 0) is 19.2 Å². The lowest BCUT2D eigenvalue weighted by Gasteiger charge is -2.29. The van der Waals surface area contributed by atoms with Crippen molar-refractivity contribution in [3.05, 3.63) is 0 Å². The summed E-state index contributed by atoms with van der Waals surface area (Å²) in [6, 6.07) is -4.16. The molecule has 0 fully saturated rings. The largest absolute Gasteiger partial charge is 0.480 e. The molecule has 0 saturated carbocycles. The molecule has 0 spiro atoms. The van der Waals surface area contributed by atoms with E-state index >= 15 is 0 Å². The minimum Gasteiger partial charge on any atom is -0.480 e. The molecule has 7 N–H and O–H groups in total. The van der Waals surface area contributed by atoms with Gasteiger partial charge in [0.05, 0.1) is 12.6 Å². The Labute approximate surface area is 184 Å². The number of rotatable bonds is 14. The summed E-state index contributed by atoms with van der Waals surface area (Å²) in [6.07, 6.45) is 1.56. The average Bonchev–Trinajstić information content (AvgIpc) is 2.72. The van der Waals surface area contributed by atoms with Crippen LogP contribution in [0, 0.1) is 17.8 Å². The molecule has 0 aromatic carbocycles. The SMILES string of the molecule is CCC(C)C(N)C(=O)NC(C(=O)NC(CC(C)C)C(=O)NC(CO)C(=O)O)C(C)CC. The quantitative estimate of drug-likeness (QED) is 0.219. The molecule has 10 heteroatoms. The van der Waals surface area contributed by atoms with E-state index in [4.69, 9.17) is 15.9 Å². The number of aliphatic hydroxyl groups excluding tert-OH is 1. The standard InChI is InChI=1S/C21H40N4O6/c1-7-12(5)16(22)19(28)25-17(13(6)8-2)20(29)23-14(9-11(3)4)18(27)24-15(10-26)21(30)31/h11-17,26H,7-10,22H2,1-6H3,(H,23,29)(H,24,27)(H,25,28)(H,30,31). The van der Waals surface area contributed by atoms with Crippen molar-refractivity contribution in [2.45, 2.75) is 85.0 Å². The number of hydrogen-bond acceptors (Lipinski definition) is 6. The summed E-state index contributed by atoms with van der Waals surface area (Å²) < 4.78 is 0. The van der Waals surface area contributed by atoms with Crippen LogP contribution in [0.2, 0.25) is 0 Å². The Morgan fingerprint density at radius 2 is 1.32 bits per heavy atom. The Kier molecular flexibility index (Phi) is 13.0. The van der Waals surface area contributed by atoms with Crippen molar-refractivity contribution >= 4 is 23.7 Å². The summed E-state index contributed by atoms with van der Waals surface area (Å²) in [5.74, 6) is -3.35. The lowest BCUT2D eigenvalue weighted by Crippen LogP contribution is -2.59. The molecule has 31 heavy (non-hydrogen) atoms. The van der Waals surface area contributed by atoms with E-state index in [1.54, 1.807) is 0 Å². The van der Waals surface area contributed by atoms with Crippen LogP contribution < -0.4 is 21.7 Å². The van der Waals surface area contributed by atoms with Gasteiger partial charge in [0, 0.05) is 0 Å². The maximum absolute atomic E-state index is 13.0. The van der Waals surface area contributed by atoms with Gasteiger partial charge in [-0.25, -0.2) is 4.79 Å². The fraction of sp³-hybridized carbons (Fsp3) is 0.810. The number of nitrogens with one attached hydrogen (secondary N) is 3. The fourth-order valence-corrected chi connectivity index (χ4v) is 2.89. The first-order valence-corrected chi connectivity index (χ1v) is 10.9. The molecule has 180 valence electrons. The van der Waals surface area contributed by atoms with Crippen molar-refractivity contribution < 1.29 is 29.4 Å². The molecule has 10 nitrogen and oxygen atoms in total. The minimum atomic E-state index is -1.47. The van der Waals surface area contributed by atoms with E-state index in [1.165, 1.54) is 0 Å². The molecule has 0 aromatic rings. The lowest BCUT2D eigenvalue weighted by molar-refractivity contribution is -0.143. The van der Waals surface area contributed by atoms with Crippen molar-refractivity contribution in [3.63, 3.8) is 0 Å². The second-order valence-corrected chi connectivity index (χ2v) is 8.56. The monoisotopic (exact) mass is 444 g/mol. The van der Waals surface area contributed by atoms with Gasteiger partial charge in [-0.1, -0.05) is 54.4 Å². The van der Waals surface area contributed by atoms with Crippen LogP contribution >= 0.6 is 0 Å². The van der Waals surface area contributed by atoms with Crippen molar-refractivity contribution in [1.29, 1.82) is 0 Å². The normalized spacial score (nSPS) is 17.1. The molecular formula is C21H40N4O6. The third-order valence-electron chi connectivity index (χ3n) is 5.49. The zero-order valence-electron chi connectivity index (χ0n) is 19.5. The van der Waals surface area contributed by atoms with Crippen LogP contribution in [0.25, 0.3) is 0 Å². The predicted molar refractivity (Wildman–Crippen MR) is 117 cm³/mol. The Balaban J connectivity index is 5.51. The van der Waals surface area contributed by atoms with Crippen molar-refractivity contribution in [3.8, 4) is 0 Å². The number of aliphatic hydroxyl groups is 1. The first-order valence-electron chi connectivity index (χ1n) is 10.9. The summed E-state index contributed by atoms with van der Waals surface area (Å²) in [4.78, 5) is 49.3. The first-order chi connectivity index (χ1) is 14.4. The fourth-order valence-electron chi connectivity index (χ4n) is 2.89. The van der Waals surface area contributed by atoms with Crippen molar-refractivity contribution in [1.82, 2.24) is 16.0 Å². The molecular weight excluding hydrogens is 404 g/mol. The highest BCUT2D eigenvalue weighted by Gasteiger charge is 2.33. The Hall–Kier alpha value is -2.20. The number of carboxylic acid groups (broad SMARTS) is 1. The molecule has 0 saturated heterocycles. The van der Waals surface area contributed by atoms with Crippen LogP contribution in [0.4, 0.5) is 0 Å². The zero-order valence-corrected chi connectivity index (χ0v) is 19.5. The number of amides is 3. The second kappa shape index (κ2) is 14.0. The molecule has 0 aromatic heterocycles. The van der Waals surface area contributed by atoms with Crippen LogP contribution in [-0.4, -0.2) is 64.7 Å². The van der Waals surface area contributed by atoms with Gasteiger partial charge in [-0.2, -0.15) is 0 Å². The number of hydrogen-bond donors (Lipinski definition) is 6. The summed E-state index contributed by atoms with van der Waals surface area (Å²) in [5, 5.41) is 25.8. The highest BCUT2D eigenvalue weighted by atomic mass is 16.4. The minimum absolute atomic E-state index is 0.0175. The number of nitrogens with two attached hydrogens (primary N) is 1. The third-order valence-corrected chi connectivity index (χ3v) is 5.49. The van der Waals surface area contributed by atoms with Crippen LogP contribution in [0.1, 0.15) is 60.8 Å². The topological polar surface area (TPSA) is 171 Å². The highest BCUT2D eigenvalue weighted by Crippen LogP contribution is 2.12. The number of carbonyl (C=O) groups excluding carboxylic acids is 3. The van der Waals surface area contributed by atoms with Gasteiger partial charge in [-0.15, -0.1) is 0 Å². The van der Waals surface area contributed by atoms with E-state index in [9.17, 15) is 19.2 Å². The van der Waals surface area contributed by atoms with E-state index in [0.717, 1.165) is 0 Å². The second-order valence-electron chi connectivity index (χ2n) is 8.56. The molecule has 0 bridgehead atoms. The molecule has 0 radical (unpaired) electrons. The predicted octanol–water partition coefficient (Wildman–Crippen LogP) is -0.0167. The first kappa shape index (κ1) is 28.8. The van der Waals surface area contributed by atoms with Crippen molar-refractivity contribution in [2.75, 3.05) is 6.61 Å². The van der Waals surface area contributed by atoms with Gasteiger partial charge in [0.25, 0.3) is 0 Å². The number of carbonyl (C=O) groups is 4. The van der Waals surface area contributed by atoms with Gasteiger partial charge >= 0.3 is 5.97 Å². The average molecular weight is 445 g/mol. The molecule has 0 aliphatic rings. The van der Waals surface area contributed by atoms with Gasteiger partial charge in [-0.3, -0.25) is 14.4 Å². The maximum Gasteiger partial charge on any atom is 0.328 e. The van der Waals surface area contributed by atoms with E-state index in [0.29, 0.717) is 12.8 Å². The molecule has 0 aliphatic heterocycles. The highest BCUT2D eigenvalue weighted by molar-refractivity contribution is 5.94. The van der Waals surface area contributed by atoms with Gasteiger partial charge in [-0.05, 0) is 24.2 Å². The summed E-state index contributed by atoms with van der Waals surface area (Å²) in [6.45, 7) is 10.4. The molecule has 6 unspecified atom stereocenters. The van der Waals surface area contributed by atoms with Gasteiger partial charge in [0.15, 0.2) is 0 Å². The molecule has 0 heterocycles. The van der Waals surface area contributed by atoms with E-state index < -0.39 is 54.5 Å². The van der Waals surface area contributed by atoms with E-state index in [2.05, 4.69) is 16.0 Å². The van der Waals surface area contributed by atoms with Crippen molar-refractivity contribution in [2.24, 2.45) is 23.5 Å². The molecule has 0 aliphatic carbocycles. The van der Waals surface area contributed by atoms with Crippen LogP contribution in [0.3, 0.4) is 0 Å². The van der Waals surface area contributed by atoms with E-state index in [-0.39, 0.29) is 24.2 Å². The van der Waals surface area contributed by atoms with E-state index in [1.807, 2.05) is 41.5 Å². The van der Waals surface area contributed by atoms with Crippen LogP contribution in [0.15, 0.2) is 0 Å². The maximum atomic E-state index is 13.0. The number of aliphatic carboxylic acids is 1. The Bertz CT molecular complexity index is 613. The summed E-state index contributed by atoms with van der Waals surface area (Å²) in [7, 11) is 0. The summed E-state index contributed by atoms with van der Waals surface area (Å²) in [5.41, 5.74) is 5.99. The third kappa shape index (κ3) is 9.65. The smallest absolute Gasteiger partial charge is 0.328 e. The summed E-state index contributed by atoms with van der Waals surface area (Å²) >= 11 is 0. The number of carboxylic acids is 1. The molecule has 0 rings (SSSR count).